The number of carbonyl (C=O) groups is 2. The summed E-state index contributed by atoms with van der Waals surface area (Å²) in [5, 5.41) is 4.58. The van der Waals surface area contributed by atoms with Crippen molar-refractivity contribution in [2.75, 3.05) is 5.75 Å². The second-order valence-electron chi connectivity index (χ2n) is 9.78. The van der Waals surface area contributed by atoms with Crippen molar-refractivity contribution in [1.82, 2.24) is 10.2 Å². The maximum Gasteiger partial charge on any atom is 0.243 e. The predicted octanol–water partition coefficient (Wildman–Crippen LogP) is 7.32. The SMILES string of the molecule is O=C(NC1CCCCC1)[C@@H](Cc1ccccc1)N(Cc1cccc(Cl)c1)C(=O)CSCc1ccccc1Cl. The van der Waals surface area contributed by atoms with E-state index in [4.69, 9.17) is 23.2 Å². The molecule has 4 rings (SSSR count). The molecule has 7 heteroatoms. The van der Waals surface area contributed by atoms with E-state index in [1.807, 2.05) is 78.9 Å². The van der Waals surface area contributed by atoms with E-state index >= 15 is 0 Å². The lowest BCUT2D eigenvalue weighted by Gasteiger charge is -2.33. The first-order chi connectivity index (χ1) is 18.5. The average molecular weight is 570 g/mol. The molecule has 1 aliphatic carbocycles. The first kappa shape index (κ1) is 28.5. The summed E-state index contributed by atoms with van der Waals surface area (Å²) >= 11 is 14.1. The molecule has 0 saturated heterocycles. The third-order valence-electron chi connectivity index (χ3n) is 6.91. The fourth-order valence-electron chi connectivity index (χ4n) is 4.88. The zero-order chi connectivity index (χ0) is 26.7. The third-order valence-corrected chi connectivity index (χ3v) is 8.48. The number of nitrogens with zero attached hydrogens (tertiary/aromatic N) is 1. The van der Waals surface area contributed by atoms with Gasteiger partial charge in [-0.2, -0.15) is 0 Å². The Morgan fingerprint density at radius 1 is 0.895 bits per heavy atom. The van der Waals surface area contributed by atoms with Crippen LogP contribution in [0.3, 0.4) is 0 Å². The van der Waals surface area contributed by atoms with Crippen LogP contribution in [-0.2, 0) is 28.3 Å². The Morgan fingerprint density at radius 2 is 1.61 bits per heavy atom. The van der Waals surface area contributed by atoms with Gasteiger partial charge in [0.15, 0.2) is 0 Å². The van der Waals surface area contributed by atoms with Crippen molar-refractivity contribution in [3.05, 3.63) is 106 Å². The summed E-state index contributed by atoms with van der Waals surface area (Å²) in [7, 11) is 0. The van der Waals surface area contributed by atoms with Gasteiger partial charge in [-0.1, -0.05) is 103 Å². The molecular formula is C31H34Cl2N2O2S. The molecule has 0 aliphatic heterocycles. The highest BCUT2D eigenvalue weighted by Gasteiger charge is 2.31. The molecule has 1 fully saturated rings. The minimum atomic E-state index is -0.633. The number of hydrogen-bond acceptors (Lipinski definition) is 3. The van der Waals surface area contributed by atoms with Crippen LogP contribution in [0.1, 0.15) is 48.8 Å². The zero-order valence-corrected chi connectivity index (χ0v) is 23.8. The van der Waals surface area contributed by atoms with E-state index in [-0.39, 0.29) is 23.6 Å². The van der Waals surface area contributed by atoms with Gasteiger partial charge in [0.05, 0.1) is 5.75 Å². The molecule has 2 amide bonds. The molecule has 4 nitrogen and oxygen atoms in total. The lowest BCUT2D eigenvalue weighted by atomic mass is 9.94. The molecule has 0 unspecified atom stereocenters. The van der Waals surface area contributed by atoms with Gasteiger partial charge in [0.25, 0.3) is 0 Å². The van der Waals surface area contributed by atoms with E-state index in [1.165, 1.54) is 18.2 Å². The normalized spacial score (nSPS) is 14.6. The highest BCUT2D eigenvalue weighted by atomic mass is 35.5. The van der Waals surface area contributed by atoms with Crippen LogP contribution in [0.15, 0.2) is 78.9 Å². The topological polar surface area (TPSA) is 49.4 Å². The van der Waals surface area contributed by atoms with Crippen LogP contribution < -0.4 is 5.32 Å². The smallest absolute Gasteiger partial charge is 0.243 e. The minimum Gasteiger partial charge on any atom is -0.352 e. The molecule has 38 heavy (non-hydrogen) atoms. The highest BCUT2D eigenvalue weighted by molar-refractivity contribution is 7.99. The Balaban J connectivity index is 1.57. The molecule has 0 heterocycles. The van der Waals surface area contributed by atoms with E-state index < -0.39 is 6.04 Å². The molecule has 0 bridgehead atoms. The van der Waals surface area contributed by atoms with Crippen LogP contribution in [0.4, 0.5) is 0 Å². The van der Waals surface area contributed by atoms with Gasteiger partial charge in [0.2, 0.25) is 11.8 Å². The minimum absolute atomic E-state index is 0.0817. The molecule has 0 spiro atoms. The molecular weight excluding hydrogens is 535 g/mol. The predicted molar refractivity (Wildman–Crippen MR) is 159 cm³/mol. The Kier molecular flexibility index (Phi) is 11.0. The van der Waals surface area contributed by atoms with E-state index in [2.05, 4.69) is 5.32 Å². The van der Waals surface area contributed by atoms with Crippen LogP contribution in [0.2, 0.25) is 10.0 Å². The number of amides is 2. The van der Waals surface area contributed by atoms with Gasteiger partial charge in [-0.05, 0) is 47.7 Å². The van der Waals surface area contributed by atoms with Gasteiger partial charge in [-0.15, -0.1) is 11.8 Å². The molecule has 200 valence electrons. The van der Waals surface area contributed by atoms with Crippen molar-refractivity contribution in [1.29, 1.82) is 0 Å². The number of halogens is 2. The number of benzene rings is 3. The van der Waals surface area contributed by atoms with Crippen LogP contribution in [0, 0.1) is 0 Å². The van der Waals surface area contributed by atoms with E-state index in [0.29, 0.717) is 28.8 Å². The van der Waals surface area contributed by atoms with Crippen molar-refractivity contribution in [2.24, 2.45) is 0 Å². The summed E-state index contributed by atoms with van der Waals surface area (Å²) in [5.41, 5.74) is 2.90. The quantitative estimate of drug-likeness (QED) is 0.263. The zero-order valence-electron chi connectivity index (χ0n) is 21.5. The van der Waals surface area contributed by atoms with Crippen LogP contribution in [-0.4, -0.2) is 34.6 Å². The summed E-state index contributed by atoms with van der Waals surface area (Å²) < 4.78 is 0. The van der Waals surface area contributed by atoms with Gasteiger partial charge in [-0.3, -0.25) is 9.59 Å². The number of carbonyl (C=O) groups excluding carboxylic acids is 2. The number of rotatable bonds is 11. The Hall–Kier alpha value is -2.47. The van der Waals surface area contributed by atoms with Gasteiger partial charge in [0, 0.05) is 34.8 Å². The summed E-state index contributed by atoms with van der Waals surface area (Å²) in [6.45, 7) is 0.307. The average Bonchev–Trinajstić information content (AvgIpc) is 2.93. The summed E-state index contributed by atoms with van der Waals surface area (Å²) in [4.78, 5) is 29.3. The van der Waals surface area contributed by atoms with Crippen molar-refractivity contribution >= 4 is 46.8 Å². The number of hydrogen-bond donors (Lipinski definition) is 1. The fourth-order valence-corrected chi connectivity index (χ4v) is 6.29. The van der Waals surface area contributed by atoms with E-state index in [9.17, 15) is 9.59 Å². The van der Waals surface area contributed by atoms with Crippen LogP contribution in [0.5, 0.6) is 0 Å². The highest BCUT2D eigenvalue weighted by Crippen LogP contribution is 2.24. The van der Waals surface area contributed by atoms with Crippen molar-refractivity contribution in [3.8, 4) is 0 Å². The molecule has 1 saturated carbocycles. The summed E-state index contributed by atoms with van der Waals surface area (Å²) in [6.07, 6.45) is 5.87. The van der Waals surface area contributed by atoms with Gasteiger partial charge in [-0.25, -0.2) is 0 Å². The largest absolute Gasteiger partial charge is 0.352 e. The molecule has 1 atom stereocenters. The lowest BCUT2D eigenvalue weighted by molar-refractivity contribution is -0.139. The van der Waals surface area contributed by atoms with Gasteiger partial charge < -0.3 is 10.2 Å². The number of thioether (sulfide) groups is 1. The van der Waals surface area contributed by atoms with Crippen molar-refractivity contribution < 1.29 is 9.59 Å². The standard InChI is InChI=1S/C31H34Cl2N2O2S/c32-26-14-9-12-24(18-26)20-35(30(36)22-38-21-25-13-7-8-17-28(25)33)29(19-23-10-3-1-4-11-23)31(37)34-27-15-5-2-6-16-27/h1,3-4,7-14,17-18,27,29H,2,5-6,15-16,19-22H2,(H,34,37)/t29-/m1/s1. The second-order valence-corrected chi connectivity index (χ2v) is 11.6. The van der Waals surface area contributed by atoms with Gasteiger partial charge >= 0.3 is 0 Å². The Bertz CT molecular complexity index is 1200. The molecule has 3 aromatic carbocycles. The van der Waals surface area contributed by atoms with Crippen molar-refractivity contribution in [3.63, 3.8) is 0 Å². The maximum absolute atomic E-state index is 13.8. The summed E-state index contributed by atoms with van der Waals surface area (Å²) in [5.74, 6) is 0.691. The monoisotopic (exact) mass is 568 g/mol. The van der Waals surface area contributed by atoms with Crippen LogP contribution in [0.25, 0.3) is 0 Å². The van der Waals surface area contributed by atoms with Crippen LogP contribution >= 0.6 is 35.0 Å². The molecule has 3 aromatic rings. The Labute approximate surface area is 240 Å². The molecule has 0 aromatic heterocycles. The molecule has 0 radical (unpaired) electrons. The van der Waals surface area contributed by atoms with E-state index in [1.54, 1.807) is 4.90 Å². The fraction of sp³-hybridized carbons (Fsp3) is 0.355. The molecule has 1 aliphatic rings. The second kappa shape index (κ2) is 14.6. The van der Waals surface area contributed by atoms with Gasteiger partial charge in [0.1, 0.15) is 6.04 Å². The van der Waals surface area contributed by atoms with Crippen molar-refractivity contribution in [2.45, 2.75) is 62.9 Å². The summed E-state index contributed by atoms with van der Waals surface area (Å²) in [6, 6.07) is 24.6. The lowest BCUT2D eigenvalue weighted by Crippen LogP contribution is -2.53. The molecule has 1 N–H and O–H groups in total. The van der Waals surface area contributed by atoms with E-state index in [0.717, 1.165) is 42.4 Å². The number of nitrogens with one attached hydrogen (secondary N) is 1. The maximum atomic E-state index is 13.8. The first-order valence-electron chi connectivity index (χ1n) is 13.2. The first-order valence-corrected chi connectivity index (χ1v) is 15.1. The Morgan fingerprint density at radius 3 is 2.34 bits per heavy atom. The third kappa shape index (κ3) is 8.52.